The number of anilines is 1. The molecule has 0 atom stereocenters. The smallest absolute Gasteiger partial charge is 0.246 e. The van der Waals surface area contributed by atoms with Crippen LogP contribution in [-0.4, -0.2) is 32.6 Å². The molecule has 0 aliphatic carbocycles. The second kappa shape index (κ2) is 6.44. The zero-order valence-electron chi connectivity index (χ0n) is 10.1. The highest BCUT2D eigenvalue weighted by Gasteiger charge is 2.06. The lowest BCUT2D eigenvalue weighted by molar-refractivity contribution is -0.116. The fourth-order valence-corrected chi connectivity index (χ4v) is 1.79. The first-order valence-electron chi connectivity index (χ1n) is 5.72. The van der Waals surface area contributed by atoms with E-state index < -0.39 is 0 Å². The van der Waals surface area contributed by atoms with Gasteiger partial charge in [0.25, 0.3) is 0 Å². The molecular formula is C12H13BrN4O2. The van der Waals surface area contributed by atoms with E-state index in [2.05, 4.69) is 31.6 Å². The average Bonchev–Trinajstić information content (AvgIpc) is 2.80. The number of halogens is 1. The number of nitrogens with zero attached hydrogens (tertiary/aromatic N) is 3. The normalized spacial score (nSPS) is 10.4. The standard InChI is InChI=1S/C12H13BrN4O2/c13-9-1-3-10(4-2-9)14-12(19)8-17-7-11(5-6-18)15-16-17/h1-4,7,18H,5-6,8H2,(H,14,19). The number of carbonyl (C=O) groups excluding carboxylic acids is 1. The molecule has 0 aliphatic heterocycles. The van der Waals surface area contributed by atoms with Crippen molar-refractivity contribution in [1.29, 1.82) is 0 Å². The molecule has 6 nitrogen and oxygen atoms in total. The number of amides is 1. The number of aliphatic hydroxyl groups excluding tert-OH is 1. The Labute approximate surface area is 118 Å². The number of aliphatic hydroxyl groups is 1. The molecule has 0 radical (unpaired) electrons. The summed E-state index contributed by atoms with van der Waals surface area (Å²) in [7, 11) is 0. The van der Waals surface area contributed by atoms with Crippen LogP contribution in [-0.2, 0) is 17.8 Å². The Morgan fingerprint density at radius 1 is 1.37 bits per heavy atom. The minimum atomic E-state index is -0.178. The van der Waals surface area contributed by atoms with Crippen molar-refractivity contribution < 1.29 is 9.90 Å². The fraction of sp³-hybridized carbons (Fsp3) is 0.250. The van der Waals surface area contributed by atoms with Crippen LogP contribution in [0.4, 0.5) is 5.69 Å². The molecule has 0 bridgehead atoms. The van der Waals surface area contributed by atoms with Gasteiger partial charge in [0, 0.05) is 29.4 Å². The first-order chi connectivity index (χ1) is 9.17. The Morgan fingerprint density at radius 2 is 2.11 bits per heavy atom. The molecule has 2 rings (SSSR count). The van der Waals surface area contributed by atoms with E-state index in [1.165, 1.54) is 4.68 Å². The SMILES string of the molecule is O=C(Cn1cc(CCO)nn1)Nc1ccc(Br)cc1. The molecule has 0 aliphatic rings. The van der Waals surface area contributed by atoms with E-state index in [9.17, 15) is 4.79 Å². The summed E-state index contributed by atoms with van der Waals surface area (Å²) in [4.78, 5) is 11.8. The molecule has 1 amide bonds. The summed E-state index contributed by atoms with van der Waals surface area (Å²) in [6.45, 7) is 0.109. The van der Waals surface area contributed by atoms with Gasteiger partial charge in [-0.3, -0.25) is 4.79 Å². The van der Waals surface area contributed by atoms with Crippen LogP contribution in [0.25, 0.3) is 0 Å². The predicted octanol–water partition coefficient (Wildman–Crippen LogP) is 1.21. The lowest BCUT2D eigenvalue weighted by Gasteiger charge is -2.04. The van der Waals surface area contributed by atoms with Crippen LogP contribution in [0.15, 0.2) is 34.9 Å². The molecule has 0 spiro atoms. The Kier molecular flexibility index (Phi) is 4.64. The van der Waals surface area contributed by atoms with Crippen LogP contribution in [0, 0.1) is 0 Å². The van der Waals surface area contributed by atoms with Crippen LogP contribution in [0.3, 0.4) is 0 Å². The maximum atomic E-state index is 11.8. The Hall–Kier alpha value is -1.73. The minimum Gasteiger partial charge on any atom is -0.396 e. The summed E-state index contributed by atoms with van der Waals surface area (Å²) >= 11 is 3.33. The summed E-state index contributed by atoms with van der Waals surface area (Å²) in [5.74, 6) is -0.178. The highest BCUT2D eigenvalue weighted by molar-refractivity contribution is 9.10. The van der Waals surface area contributed by atoms with E-state index in [4.69, 9.17) is 5.11 Å². The molecule has 0 unspecified atom stereocenters. The van der Waals surface area contributed by atoms with Crippen molar-refractivity contribution in [3.63, 3.8) is 0 Å². The first kappa shape index (κ1) is 13.7. The molecule has 1 aromatic carbocycles. The van der Waals surface area contributed by atoms with Gasteiger partial charge in [-0.2, -0.15) is 0 Å². The summed E-state index contributed by atoms with van der Waals surface area (Å²) in [6, 6.07) is 7.32. The largest absolute Gasteiger partial charge is 0.396 e. The molecule has 2 N–H and O–H groups in total. The highest BCUT2D eigenvalue weighted by Crippen LogP contribution is 2.13. The van der Waals surface area contributed by atoms with Gasteiger partial charge in [-0.05, 0) is 24.3 Å². The van der Waals surface area contributed by atoms with Crippen molar-refractivity contribution >= 4 is 27.5 Å². The van der Waals surface area contributed by atoms with Gasteiger partial charge in [0.15, 0.2) is 0 Å². The quantitative estimate of drug-likeness (QED) is 0.866. The van der Waals surface area contributed by atoms with Crippen molar-refractivity contribution in [3.05, 3.63) is 40.6 Å². The van der Waals surface area contributed by atoms with Crippen LogP contribution in [0.1, 0.15) is 5.69 Å². The first-order valence-corrected chi connectivity index (χ1v) is 6.52. The van der Waals surface area contributed by atoms with Crippen molar-refractivity contribution in [2.75, 3.05) is 11.9 Å². The molecule has 7 heteroatoms. The van der Waals surface area contributed by atoms with Gasteiger partial charge >= 0.3 is 0 Å². The van der Waals surface area contributed by atoms with Gasteiger partial charge in [-0.1, -0.05) is 21.1 Å². The number of nitrogens with one attached hydrogen (secondary N) is 1. The van der Waals surface area contributed by atoms with Crippen LogP contribution < -0.4 is 5.32 Å². The molecule has 1 aromatic heterocycles. The maximum Gasteiger partial charge on any atom is 0.246 e. The number of carbonyl (C=O) groups is 1. The topological polar surface area (TPSA) is 80.0 Å². The Balaban J connectivity index is 1.91. The second-order valence-corrected chi connectivity index (χ2v) is 4.85. The van der Waals surface area contributed by atoms with E-state index in [0.29, 0.717) is 12.1 Å². The van der Waals surface area contributed by atoms with Gasteiger partial charge in [0.2, 0.25) is 5.91 Å². The van der Waals surface area contributed by atoms with Crippen molar-refractivity contribution in [2.24, 2.45) is 0 Å². The van der Waals surface area contributed by atoms with Crippen molar-refractivity contribution in [3.8, 4) is 0 Å². The average molecular weight is 325 g/mol. The molecule has 19 heavy (non-hydrogen) atoms. The van der Waals surface area contributed by atoms with E-state index >= 15 is 0 Å². The summed E-state index contributed by atoms with van der Waals surface area (Å²) in [6.07, 6.45) is 2.09. The number of hydrogen-bond acceptors (Lipinski definition) is 4. The van der Waals surface area contributed by atoms with Crippen LogP contribution in [0.2, 0.25) is 0 Å². The fourth-order valence-electron chi connectivity index (χ4n) is 1.53. The third-order valence-electron chi connectivity index (χ3n) is 2.39. The van der Waals surface area contributed by atoms with Crippen LogP contribution >= 0.6 is 15.9 Å². The van der Waals surface area contributed by atoms with E-state index in [0.717, 1.165) is 10.2 Å². The van der Waals surface area contributed by atoms with Crippen molar-refractivity contribution in [2.45, 2.75) is 13.0 Å². The molecule has 0 saturated carbocycles. The minimum absolute atomic E-state index is 0.0176. The summed E-state index contributed by atoms with van der Waals surface area (Å²) < 4.78 is 2.40. The lowest BCUT2D eigenvalue weighted by Crippen LogP contribution is -2.19. The van der Waals surface area contributed by atoms with Gasteiger partial charge in [-0.15, -0.1) is 5.10 Å². The lowest BCUT2D eigenvalue weighted by atomic mass is 10.3. The predicted molar refractivity (Wildman–Crippen MR) is 73.6 cm³/mol. The summed E-state index contributed by atoms with van der Waals surface area (Å²) in [5.41, 5.74) is 1.39. The maximum absolute atomic E-state index is 11.8. The number of benzene rings is 1. The summed E-state index contributed by atoms with van der Waals surface area (Å²) in [5, 5.41) is 19.2. The number of rotatable bonds is 5. The van der Waals surface area contributed by atoms with Crippen molar-refractivity contribution in [1.82, 2.24) is 15.0 Å². The van der Waals surface area contributed by atoms with Crippen LogP contribution in [0.5, 0.6) is 0 Å². The second-order valence-electron chi connectivity index (χ2n) is 3.94. The molecule has 100 valence electrons. The van der Waals surface area contributed by atoms with E-state index in [1.54, 1.807) is 18.3 Å². The molecular weight excluding hydrogens is 312 g/mol. The third-order valence-corrected chi connectivity index (χ3v) is 2.92. The molecule has 2 aromatic rings. The van der Waals surface area contributed by atoms with Gasteiger partial charge in [0.1, 0.15) is 6.54 Å². The highest BCUT2D eigenvalue weighted by atomic mass is 79.9. The molecule has 0 saturated heterocycles. The molecule has 1 heterocycles. The van der Waals surface area contributed by atoms with Gasteiger partial charge < -0.3 is 10.4 Å². The third kappa shape index (κ3) is 4.15. The monoisotopic (exact) mass is 324 g/mol. The Morgan fingerprint density at radius 3 is 2.79 bits per heavy atom. The van der Waals surface area contributed by atoms with Gasteiger partial charge in [0.05, 0.1) is 5.69 Å². The Bertz CT molecular complexity index is 553. The zero-order chi connectivity index (χ0) is 13.7. The number of aromatic nitrogens is 3. The van der Waals surface area contributed by atoms with Gasteiger partial charge in [-0.25, -0.2) is 4.68 Å². The number of hydrogen-bond donors (Lipinski definition) is 2. The van der Waals surface area contributed by atoms with E-state index in [1.807, 2.05) is 12.1 Å². The molecule has 0 fully saturated rings. The van der Waals surface area contributed by atoms with E-state index in [-0.39, 0.29) is 19.1 Å². The zero-order valence-corrected chi connectivity index (χ0v) is 11.7.